The highest BCUT2D eigenvalue weighted by molar-refractivity contribution is 5.51. The zero-order chi connectivity index (χ0) is 15.2. The number of hydrogen-bond donors (Lipinski definition) is 1. The molecule has 6 nitrogen and oxygen atoms in total. The van der Waals surface area contributed by atoms with Crippen LogP contribution < -0.4 is 10.5 Å². The fraction of sp³-hybridized carbons (Fsp3) is 0.133. The fourth-order valence-corrected chi connectivity index (χ4v) is 1.83. The molecule has 0 saturated carbocycles. The normalized spacial score (nSPS) is 11.4. The molecule has 106 valence electrons. The van der Waals surface area contributed by atoms with E-state index in [4.69, 9.17) is 15.7 Å². The van der Waals surface area contributed by atoms with Gasteiger partial charge in [-0.05, 0) is 17.7 Å². The van der Waals surface area contributed by atoms with Gasteiger partial charge >= 0.3 is 5.69 Å². The molecule has 0 heterocycles. The van der Waals surface area contributed by atoms with Crippen LogP contribution in [0, 0.1) is 21.4 Å². The van der Waals surface area contributed by atoms with Gasteiger partial charge in [-0.25, -0.2) is 0 Å². The summed E-state index contributed by atoms with van der Waals surface area (Å²) in [6.45, 7) is 0.108. The Labute approximate surface area is 121 Å². The Morgan fingerprint density at radius 2 is 2.00 bits per heavy atom. The van der Waals surface area contributed by atoms with E-state index in [1.54, 1.807) is 0 Å². The minimum absolute atomic E-state index is 0.102. The summed E-state index contributed by atoms with van der Waals surface area (Å²) in [5, 5.41) is 19.8. The molecular formula is C15H13N3O3. The third-order valence-electron chi connectivity index (χ3n) is 2.93. The second-order valence-corrected chi connectivity index (χ2v) is 4.38. The van der Waals surface area contributed by atoms with Gasteiger partial charge < -0.3 is 10.5 Å². The lowest BCUT2D eigenvalue weighted by Crippen LogP contribution is -2.19. The lowest BCUT2D eigenvalue weighted by molar-refractivity contribution is -0.385. The van der Waals surface area contributed by atoms with Crippen molar-refractivity contribution >= 4 is 5.69 Å². The average Bonchev–Trinajstić information content (AvgIpc) is 2.53. The summed E-state index contributed by atoms with van der Waals surface area (Å²) in [5.41, 5.74) is 6.83. The molecule has 0 bridgehead atoms. The molecule has 2 rings (SSSR count). The highest BCUT2D eigenvalue weighted by Crippen LogP contribution is 2.28. The minimum Gasteiger partial charge on any atom is -0.485 e. The van der Waals surface area contributed by atoms with Crippen LogP contribution in [-0.2, 0) is 0 Å². The summed E-state index contributed by atoms with van der Waals surface area (Å²) < 4.78 is 5.44. The highest BCUT2D eigenvalue weighted by Gasteiger charge is 2.17. The molecule has 2 N–H and O–H groups in total. The standard InChI is InChI=1S/C15H13N3O3/c16-9-11-6-7-15(14(8-11)18(19)20)21-10-13(17)12-4-2-1-3-5-12/h1-8,13H,10,17H2. The molecule has 0 fully saturated rings. The molecule has 0 aromatic heterocycles. The summed E-state index contributed by atoms with van der Waals surface area (Å²) in [4.78, 5) is 10.4. The summed E-state index contributed by atoms with van der Waals surface area (Å²) >= 11 is 0. The summed E-state index contributed by atoms with van der Waals surface area (Å²) in [7, 11) is 0. The van der Waals surface area contributed by atoms with Gasteiger partial charge in [0.2, 0.25) is 0 Å². The number of nitriles is 1. The van der Waals surface area contributed by atoms with Crippen molar-refractivity contribution in [1.82, 2.24) is 0 Å². The van der Waals surface area contributed by atoms with Crippen molar-refractivity contribution in [2.45, 2.75) is 6.04 Å². The number of ether oxygens (including phenoxy) is 1. The Kier molecular flexibility index (Phi) is 4.49. The molecule has 21 heavy (non-hydrogen) atoms. The van der Waals surface area contributed by atoms with Gasteiger partial charge in [-0.2, -0.15) is 5.26 Å². The predicted octanol–water partition coefficient (Wildman–Crippen LogP) is 2.55. The predicted molar refractivity (Wildman–Crippen MR) is 76.7 cm³/mol. The second-order valence-electron chi connectivity index (χ2n) is 4.38. The SMILES string of the molecule is N#Cc1ccc(OCC(N)c2ccccc2)c([N+](=O)[O-])c1. The molecule has 1 atom stereocenters. The van der Waals surface area contributed by atoms with Gasteiger partial charge in [-0.15, -0.1) is 0 Å². The Bertz CT molecular complexity index is 680. The number of hydrogen-bond acceptors (Lipinski definition) is 5. The molecule has 2 aromatic rings. The van der Waals surface area contributed by atoms with E-state index in [2.05, 4.69) is 0 Å². The van der Waals surface area contributed by atoms with E-state index in [1.165, 1.54) is 18.2 Å². The van der Waals surface area contributed by atoms with Gasteiger partial charge in [-0.1, -0.05) is 30.3 Å². The number of benzene rings is 2. The molecular weight excluding hydrogens is 270 g/mol. The van der Waals surface area contributed by atoms with E-state index in [-0.39, 0.29) is 29.6 Å². The first-order chi connectivity index (χ1) is 10.1. The number of nitrogens with two attached hydrogens (primary N) is 1. The van der Waals surface area contributed by atoms with Crippen LogP contribution in [0.1, 0.15) is 17.2 Å². The van der Waals surface area contributed by atoms with E-state index in [1.807, 2.05) is 36.4 Å². The minimum atomic E-state index is -0.579. The van der Waals surface area contributed by atoms with Crippen LogP contribution in [0.5, 0.6) is 5.75 Å². The van der Waals surface area contributed by atoms with Gasteiger partial charge in [0.15, 0.2) is 5.75 Å². The molecule has 0 aliphatic rings. The summed E-state index contributed by atoms with van der Waals surface area (Å²) in [6.07, 6.45) is 0. The van der Waals surface area contributed by atoms with E-state index in [0.29, 0.717) is 0 Å². The van der Waals surface area contributed by atoms with Crippen molar-refractivity contribution in [2.24, 2.45) is 5.73 Å². The van der Waals surface area contributed by atoms with Crippen molar-refractivity contribution in [3.8, 4) is 11.8 Å². The van der Waals surface area contributed by atoms with E-state index in [9.17, 15) is 10.1 Å². The van der Waals surface area contributed by atoms with Crippen LogP contribution >= 0.6 is 0 Å². The lowest BCUT2D eigenvalue weighted by Gasteiger charge is -2.13. The first-order valence-corrected chi connectivity index (χ1v) is 6.23. The molecule has 0 radical (unpaired) electrons. The van der Waals surface area contributed by atoms with Crippen molar-refractivity contribution in [3.63, 3.8) is 0 Å². The van der Waals surface area contributed by atoms with E-state index < -0.39 is 4.92 Å². The molecule has 0 spiro atoms. The largest absolute Gasteiger partial charge is 0.485 e. The molecule has 0 aliphatic carbocycles. The Hall–Kier alpha value is -2.91. The van der Waals surface area contributed by atoms with Crippen LogP contribution in [0.3, 0.4) is 0 Å². The number of nitro groups is 1. The van der Waals surface area contributed by atoms with Crippen molar-refractivity contribution < 1.29 is 9.66 Å². The van der Waals surface area contributed by atoms with Crippen LogP contribution in [0.25, 0.3) is 0 Å². The Morgan fingerprint density at radius 1 is 1.29 bits per heavy atom. The molecule has 0 saturated heterocycles. The van der Waals surface area contributed by atoms with Crippen molar-refractivity contribution in [1.29, 1.82) is 5.26 Å². The van der Waals surface area contributed by atoms with E-state index in [0.717, 1.165) is 5.56 Å². The lowest BCUT2D eigenvalue weighted by atomic mass is 10.1. The smallest absolute Gasteiger partial charge is 0.312 e. The Balaban J connectivity index is 2.13. The maximum atomic E-state index is 11.0. The van der Waals surface area contributed by atoms with Crippen LogP contribution in [-0.4, -0.2) is 11.5 Å². The quantitative estimate of drug-likeness (QED) is 0.671. The maximum absolute atomic E-state index is 11.0. The molecule has 0 amide bonds. The zero-order valence-corrected chi connectivity index (χ0v) is 11.1. The van der Waals surface area contributed by atoms with Gasteiger partial charge in [-0.3, -0.25) is 10.1 Å². The number of nitro benzene ring substituents is 1. The zero-order valence-electron chi connectivity index (χ0n) is 11.1. The highest BCUT2D eigenvalue weighted by atomic mass is 16.6. The van der Waals surface area contributed by atoms with Gasteiger partial charge in [0.1, 0.15) is 6.61 Å². The first-order valence-electron chi connectivity index (χ1n) is 6.23. The van der Waals surface area contributed by atoms with Crippen molar-refractivity contribution in [3.05, 3.63) is 69.8 Å². The maximum Gasteiger partial charge on any atom is 0.312 e. The summed E-state index contributed by atoms with van der Waals surface area (Å²) in [6, 6.07) is 14.9. The van der Waals surface area contributed by atoms with Crippen LogP contribution in [0.2, 0.25) is 0 Å². The average molecular weight is 283 g/mol. The fourth-order valence-electron chi connectivity index (χ4n) is 1.83. The van der Waals surface area contributed by atoms with Crippen LogP contribution in [0.15, 0.2) is 48.5 Å². The van der Waals surface area contributed by atoms with Crippen LogP contribution in [0.4, 0.5) is 5.69 Å². The first kappa shape index (κ1) is 14.5. The third-order valence-corrected chi connectivity index (χ3v) is 2.93. The second kappa shape index (κ2) is 6.50. The number of rotatable bonds is 5. The number of nitrogens with zero attached hydrogens (tertiary/aromatic N) is 2. The van der Waals surface area contributed by atoms with E-state index >= 15 is 0 Å². The van der Waals surface area contributed by atoms with Gasteiger partial charge in [0.05, 0.1) is 22.6 Å². The molecule has 1 unspecified atom stereocenters. The summed E-state index contributed by atoms with van der Waals surface area (Å²) in [5.74, 6) is 0.102. The monoisotopic (exact) mass is 283 g/mol. The molecule has 2 aromatic carbocycles. The third kappa shape index (κ3) is 3.55. The topological polar surface area (TPSA) is 102 Å². The van der Waals surface area contributed by atoms with Crippen molar-refractivity contribution in [2.75, 3.05) is 6.61 Å². The molecule has 0 aliphatic heterocycles. The Morgan fingerprint density at radius 3 is 2.62 bits per heavy atom. The molecule has 6 heteroatoms. The van der Waals surface area contributed by atoms with Gasteiger partial charge in [0.25, 0.3) is 0 Å². The van der Waals surface area contributed by atoms with Gasteiger partial charge in [0, 0.05) is 6.07 Å².